The second kappa shape index (κ2) is 6.75. The average molecular weight is 350 g/mol. The first-order valence-corrected chi connectivity index (χ1v) is 8.74. The highest BCUT2D eigenvalue weighted by atomic mass is 19.1. The Balaban J connectivity index is 1.52. The van der Waals surface area contributed by atoms with E-state index in [0.717, 1.165) is 28.8 Å². The molecule has 0 spiro atoms. The van der Waals surface area contributed by atoms with Gasteiger partial charge in [-0.3, -0.25) is 9.59 Å². The molecule has 1 atom stereocenters. The predicted molar refractivity (Wildman–Crippen MR) is 98.0 cm³/mol. The Labute approximate surface area is 151 Å². The van der Waals surface area contributed by atoms with Crippen molar-refractivity contribution in [2.75, 3.05) is 18.4 Å². The van der Waals surface area contributed by atoms with Gasteiger partial charge in [0.25, 0.3) is 0 Å². The summed E-state index contributed by atoms with van der Waals surface area (Å²) in [4.78, 5) is 26.8. The lowest BCUT2D eigenvalue weighted by Crippen LogP contribution is -2.40. The summed E-state index contributed by atoms with van der Waals surface area (Å²) in [6, 6.07) is 13.9. The maximum absolute atomic E-state index is 13.1. The van der Waals surface area contributed by atoms with Crippen molar-refractivity contribution in [3.8, 4) is 0 Å². The minimum absolute atomic E-state index is 0.0123. The van der Waals surface area contributed by atoms with E-state index >= 15 is 0 Å². The van der Waals surface area contributed by atoms with Crippen LogP contribution in [0.2, 0.25) is 0 Å². The van der Waals surface area contributed by atoms with E-state index in [0.29, 0.717) is 13.1 Å². The normalized spacial score (nSPS) is 19.4. The molecule has 2 aromatic carbocycles. The van der Waals surface area contributed by atoms with Crippen molar-refractivity contribution in [1.29, 1.82) is 0 Å². The molecule has 0 aromatic heterocycles. The van der Waals surface area contributed by atoms with Crippen LogP contribution in [-0.4, -0.2) is 29.8 Å². The van der Waals surface area contributed by atoms with E-state index in [1.165, 1.54) is 12.1 Å². The van der Waals surface area contributed by atoms with E-state index in [9.17, 15) is 14.0 Å². The number of amides is 2. The minimum atomic E-state index is -0.430. The van der Waals surface area contributed by atoms with Crippen molar-refractivity contribution < 1.29 is 14.0 Å². The first-order valence-electron chi connectivity index (χ1n) is 8.74. The number of fused-ring (bicyclic) bond motifs is 1. The number of rotatable bonds is 2. The lowest BCUT2D eigenvalue weighted by Gasteiger charge is -2.32. The van der Waals surface area contributed by atoms with E-state index in [1.54, 1.807) is 17.0 Å². The van der Waals surface area contributed by atoms with E-state index in [-0.39, 0.29) is 24.1 Å². The summed E-state index contributed by atoms with van der Waals surface area (Å²) < 4.78 is 13.1. The quantitative estimate of drug-likeness (QED) is 0.900. The molecule has 26 heavy (non-hydrogen) atoms. The molecule has 0 aliphatic carbocycles. The SMILES string of the molecule is O=C1C[C@@H](C(=O)N2CC=C(c3ccc(F)cc3)CC2)c2ccccc2N1. The summed E-state index contributed by atoms with van der Waals surface area (Å²) in [5, 5.41) is 2.83. The van der Waals surface area contributed by atoms with Crippen LogP contribution in [0.3, 0.4) is 0 Å². The Hall–Kier alpha value is -2.95. The van der Waals surface area contributed by atoms with Crippen LogP contribution in [0.5, 0.6) is 0 Å². The minimum Gasteiger partial charge on any atom is -0.338 e. The monoisotopic (exact) mass is 350 g/mol. The Kier molecular flexibility index (Phi) is 4.29. The summed E-state index contributed by atoms with van der Waals surface area (Å²) >= 11 is 0. The molecule has 2 aromatic rings. The van der Waals surface area contributed by atoms with Crippen LogP contribution >= 0.6 is 0 Å². The van der Waals surface area contributed by atoms with Crippen molar-refractivity contribution in [2.24, 2.45) is 0 Å². The number of carbonyl (C=O) groups is 2. The van der Waals surface area contributed by atoms with Crippen LogP contribution in [0.1, 0.15) is 29.9 Å². The van der Waals surface area contributed by atoms with Crippen LogP contribution in [0.4, 0.5) is 10.1 Å². The molecule has 2 aliphatic rings. The number of carbonyl (C=O) groups excluding carboxylic acids is 2. The Bertz CT molecular complexity index is 889. The molecule has 0 bridgehead atoms. The molecule has 0 saturated carbocycles. The van der Waals surface area contributed by atoms with Crippen molar-refractivity contribution in [1.82, 2.24) is 4.90 Å². The molecule has 1 N–H and O–H groups in total. The van der Waals surface area contributed by atoms with Gasteiger partial charge in [0, 0.05) is 25.2 Å². The molecular weight excluding hydrogens is 331 g/mol. The number of anilines is 1. The van der Waals surface area contributed by atoms with Gasteiger partial charge in [0.15, 0.2) is 0 Å². The molecule has 2 heterocycles. The molecular formula is C21H19FN2O2. The first kappa shape index (κ1) is 16.5. The van der Waals surface area contributed by atoms with Gasteiger partial charge in [-0.05, 0) is 41.3 Å². The molecule has 0 saturated heterocycles. The highest BCUT2D eigenvalue weighted by Gasteiger charge is 2.33. The standard InChI is InChI=1S/C21H19FN2O2/c22-16-7-5-14(6-8-16)15-9-11-24(12-10-15)21(26)18-13-20(25)23-19-4-2-1-3-17(18)19/h1-9,18H,10-13H2,(H,23,25)/t18-/m1/s1. The van der Waals surface area contributed by atoms with E-state index in [1.807, 2.05) is 30.3 Å². The van der Waals surface area contributed by atoms with Gasteiger partial charge in [-0.1, -0.05) is 36.4 Å². The Morgan fingerprint density at radius 2 is 1.88 bits per heavy atom. The molecule has 2 aliphatic heterocycles. The van der Waals surface area contributed by atoms with Crippen molar-refractivity contribution in [3.05, 3.63) is 71.6 Å². The zero-order valence-electron chi connectivity index (χ0n) is 14.2. The Morgan fingerprint density at radius 3 is 2.62 bits per heavy atom. The van der Waals surface area contributed by atoms with Crippen LogP contribution in [0.15, 0.2) is 54.6 Å². The molecule has 2 amide bonds. The molecule has 4 nitrogen and oxygen atoms in total. The van der Waals surface area contributed by atoms with Crippen LogP contribution in [-0.2, 0) is 9.59 Å². The van der Waals surface area contributed by atoms with Gasteiger partial charge >= 0.3 is 0 Å². The predicted octanol–water partition coefficient (Wildman–Crippen LogP) is 3.57. The second-order valence-electron chi connectivity index (χ2n) is 6.66. The fraction of sp³-hybridized carbons (Fsp3) is 0.238. The molecule has 132 valence electrons. The smallest absolute Gasteiger partial charge is 0.231 e. The van der Waals surface area contributed by atoms with E-state index in [2.05, 4.69) is 5.32 Å². The average Bonchev–Trinajstić information content (AvgIpc) is 2.67. The van der Waals surface area contributed by atoms with Gasteiger partial charge in [-0.2, -0.15) is 0 Å². The topological polar surface area (TPSA) is 49.4 Å². The molecule has 4 rings (SSSR count). The highest BCUT2D eigenvalue weighted by molar-refractivity contribution is 6.01. The van der Waals surface area contributed by atoms with Gasteiger partial charge in [0.1, 0.15) is 5.82 Å². The zero-order valence-corrected chi connectivity index (χ0v) is 14.2. The second-order valence-corrected chi connectivity index (χ2v) is 6.66. The van der Waals surface area contributed by atoms with Gasteiger partial charge in [0.2, 0.25) is 11.8 Å². The van der Waals surface area contributed by atoms with Crippen LogP contribution in [0, 0.1) is 5.82 Å². The Morgan fingerprint density at radius 1 is 1.12 bits per heavy atom. The lowest BCUT2D eigenvalue weighted by molar-refractivity contribution is -0.134. The van der Waals surface area contributed by atoms with E-state index < -0.39 is 5.92 Å². The number of nitrogens with zero attached hydrogens (tertiary/aromatic N) is 1. The van der Waals surface area contributed by atoms with Gasteiger partial charge in [-0.15, -0.1) is 0 Å². The zero-order chi connectivity index (χ0) is 18.1. The lowest BCUT2D eigenvalue weighted by atomic mass is 9.88. The third-order valence-corrected chi connectivity index (χ3v) is 5.03. The number of hydrogen-bond donors (Lipinski definition) is 1. The van der Waals surface area contributed by atoms with Crippen molar-refractivity contribution in [3.63, 3.8) is 0 Å². The number of benzene rings is 2. The third kappa shape index (κ3) is 3.12. The third-order valence-electron chi connectivity index (χ3n) is 5.03. The largest absolute Gasteiger partial charge is 0.338 e. The van der Waals surface area contributed by atoms with Gasteiger partial charge in [-0.25, -0.2) is 4.39 Å². The van der Waals surface area contributed by atoms with Gasteiger partial charge in [0.05, 0.1) is 5.92 Å². The fourth-order valence-corrected chi connectivity index (χ4v) is 3.65. The summed E-state index contributed by atoms with van der Waals surface area (Å²) in [7, 11) is 0. The molecule has 0 radical (unpaired) electrons. The van der Waals surface area contributed by atoms with Crippen LogP contribution in [0.25, 0.3) is 5.57 Å². The summed E-state index contributed by atoms with van der Waals surface area (Å²) in [5.41, 5.74) is 3.71. The maximum atomic E-state index is 13.1. The number of hydrogen-bond acceptors (Lipinski definition) is 2. The maximum Gasteiger partial charge on any atom is 0.231 e. The van der Waals surface area contributed by atoms with Crippen LogP contribution < -0.4 is 5.32 Å². The highest BCUT2D eigenvalue weighted by Crippen LogP contribution is 2.34. The fourth-order valence-electron chi connectivity index (χ4n) is 3.65. The number of para-hydroxylation sites is 1. The number of halogens is 1. The summed E-state index contributed by atoms with van der Waals surface area (Å²) in [6.45, 7) is 1.11. The molecule has 0 fully saturated rings. The van der Waals surface area contributed by atoms with E-state index in [4.69, 9.17) is 0 Å². The first-order chi connectivity index (χ1) is 12.6. The summed E-state index contributed by atoms with van der Waals surface area (Å²) in [6.07, 6.45) is 2.92. The summed E-state index contributed by atoms with van der Waals surface area (Å²) in [5.74, 6) is -0.819. The van der Waals surface area contributed by atoms with Crippen molar-refractivity contribution in [2.45, 2.75) is 18.8 Å². The van der Waals surface area contributed by atoms with Gasteiger partial charge < -0.3 is 10.2 Å². The number of nitrogens with one attached hydrogen (secondary N) is 1. The van der Waals surface area contributed by atoms with Crippen molar-refractivity contribution >= 4 is 23.1 Å². The molecule has 0 unspecified atom stereocenters. The molecule has 5 heteroatoms.